The van der Waals surface area contributed by atoms with Crippen molar-refractivity contribution in [3.63, 3.8) is 0 Å². The Bertz CT molecular complexity index is 1120. The highest BCUT2D eigenvalue weighted by Gasteiger charge is 2.23. The topological polar surface area (TPSA) is 67.2 Å². The lowest BCUT2D eigenvalue weighted by atomic mass is 9.92. The number of anilines is 1. The first-order valence-electron chi connectivity index (χ1n) is 10.8. The van der Waals surface area contributed by atoms with Crippen LogP contribution in [-0.4, -0.2) is 39.6 Å². The van der Waals surface area contributed by atoms with Gasteiger partial charge >= 0.3 is 0 Å². The second kappa shape index (κ2) is 10.5. The summed E-state index contributed by atoms with van der Waals surface area (Å²) in [4.78, 5) is 27.6. The number of nitrogens with zero attached hydrogens (tertiary/aromatic N) is 3. The quantitative estimate of drug-likeness (QED) is 0.402. The second-order valence-electron chi connectivity index (χ2n) is 8.83. The summed E-state index contributed by atoms with van der Waals surface area (Å²) in [6, 6.07) is 16.2. The van der Waals surface area contributed by atoms with Gasteiger partial charge in [-0.3, -0.25) is 9.59 Å². The summed E-state index contributed by atoms with van der Waals surface area (Å²) in [5.41, 5.74) is 1.95. The number of benzene rings is 2. The molecule has 1 heterocycles. The molecule has 3 aromatic rings. The van der Waals surface area contributed by atoms with Gasteiger partial charge in [0, 0.05) is 33.1 Å². The zero-order valence-electron chi connectivity index (χ0n) is 19.2. The monoisotopic (exact) mass is 530 g/mol. The van der Waals surface area contributed by atoms with Crippen molar-refractivity contribution in [3.8, 4) is 5.69 Å². The number of nitrogens with one attached hydrogen (secondary N) is 1. The van der Waals surface area contributed by atoms with Crippen molar-refractivity contribution in [2.24, 2.45) is 0 Å². The highest BCUT2D eigenvalue weighted by Crippen LogP contribution is 2.27. The van der Waals surface area contributed by atoms with E-state index in [1.165, 1.54) is 0 Å². The highest BCUT2D eigenvalue weighted by atomic mass is 79.9. The van der Waals surface area contributed by atoms with Gasteiger partial charge in [-0.2, -0.15) is 5.10 Å². The first kappa shape index (κ1) is 25.0. The number of rotatable bonds is 7. The fraction of sp³-hybridized carbons (Fsp3) is 0.320. The van der Waals surface area contributed by atoms with Crippen molar-refractivity contribution in [1.29, 1.82) is 0 Å². The maximum atomic E-state index is 13.0. The van der Waals surface area contributed by atoms with Crippen LogP contribution in [-0.2, 0) is 10.2 Å². The molecule has 0 spiro atoms. The van der Waals surface area contributed by atoms with Crippen LogP contribution in [0.15, 0.2) is 59.1 Å². The summed E-state index contributed by atoms with van der Waals surface area (Å²) < 4.78 is 2.58. The molecule has 0 saturated carbocycles. The van der Waals surface area contributed by atoms with E-state index in [9.17, 15) is 9.59 Å². The molecule has 174 valence electrons. The Balaban J connectivity index is 1.84. The van der Waals surface area contributed by atoms with Crippen LogP contribution < -0.4 is 5.32 Å². The molecule has 0 aliphatic rings. The van der Waals surface area contributed by atoms with E-state index in [0.717, 1.165) is 22.3 Å². The standard InChI is InChI=1S/C25H28BrClN4O2/c1-5-14-30(24(33)17-6-8-18(26)9-7-17)16-23(32)28-22-15-21(25(2,3)4)29-31(22)20-12-10-19(27)11-13-20/h6-13,15H,5,14,16H2,1-4H3,(H,28,32). The molecule has 0 unspecified atom stereocenters. The minimum Gasteiger partial charge on any atom is -0.329 e. The first-order valence-corrected chi connectivity index (χ1v) is 12.0. The van der Waals surface area contributed by atoms with Crippen LogP contribution in [0.2, 0.25) is 5.02 Å². The van der Waals surface area contributed by atoms with E-state index in [1.54, 1.807) is 33.8 Å². The normalized spacial score (nSPS) is 11.3. The molecule has 1 aromatic heterocycles. The third-order valence-corrected chi connectivity index (χ3v) is 5.80. The van der Waals surface area contributed by atoms with Gasteiger partial charge in [0.05, 0.1) is 11.4 Å². The minimum atomic E-state index is -0.288. The van der Waals surface area contributed by atoms with Gasteiger partial charge in [0.1, 0.15) is 12.4 Å². The molecular weight excluding hydrogens is 504 g/mol. The number of halogens is 2. The van der Waals surface area contributed by atoms with Gasteiger partial charge in [-0.05, 0) is 55.0 Å². The van der Waals surface area contributed by atoms with Crippen molar-refractivity contribution < 1.29 is 9.59 Å². The molecular formula is C25H28BrClN4O2. The molecule has 0 saturated heterocycles. The van der Waals surface area contributed by atoms with E-state index in [2.05, 4.69) is 42.0 Å². The van der Waals surface area contributed by atoms with Crippen molar-refractivity contribution in [3.05, 3.63) is 75.4 Å². The lowest BCUT2D eigenvalue weighted by Gasteiger charge is -2.22. The number of carbonyl (C=O) groups excluding carboxylic acids is 2. The molecule has 0 atom stereocenters. The Morgan fingerprint density at radius 1 is 1.09 bits per heavy atom. The SMILES string of the molecule is CCCN(CC(=O)Nc1cc(C(C)(C)C)nn1-c1ccc(Cl)cc1)C(=O)c1ccc(Br)cc1. The molecule has 6 nitrogen and oxygen atoms in total. The average molecular weight is 532 g/mol. The molecule has 0 bridgehead atoms. The van der Waals surface area contributed by atoms with Crippen LogP contribution in [0.1, 0.15) is 50.2 Å². The van der Waals surface area contributed by atoms with Crippen molar-refractivity contribution in [1.82, 2.24) is 14.7 Å². The van der Waals surface area contributed by atoms with Crippen molar-refractivity contribution >= 4 is 45.2 Å². The molecule has 2 amide bonds. The van der Waals surface area contributed by atoms with Crippen molar-refractivity contribution in [2.75, 3.05) is 18.4 Å². The average Bonchev–Trinajstić information content (AvgIpc) is 3.18. The van der Waals surface area contributed by atoms with Crippen LogP contribution in [0.3, 0.4) is 0 Å². The van der Waals surface area contributed by atoms with Gasteiger partial charge < -0.3 is 10.2 Å². The van der Waals surface area contributed by atoms with Crippen LogP contribution in [0, 0.1) is 0 Å². The summed E-state index contributed by atoms with van der Waals surface area (Å²) in [6.07, 6.45) is 0.742. The third-order valence-electron chi connectivity index (χ3n) is 5.02. The Hall–Kier alpha value is -2.64. The summed E-state index contributed by atoms with van der Waals surface area (Å²) in [7, 11) is 0. The maximum Gasteiger partial charge on any atom is 0.254 e. The van der Waals surface area contributed by atoms with E-state index >= 15 is 0 Å². The summed E-state index contributed by atoms with van der Waals surface area (Å²) in [5.74, 6) is 0.0744. The van der Waals surface area contributed by atoms with Crippen molar-refractivity contribution in [2.45, 2.75) is 39.5 Å². The number of hydrogen-bond donors (Lipinski definition) is 1. The van der Waals surface area contributed by atoms with Crippen LogP contribution in [0.5, 0.6) is 0 Å². The smallest absolute Gasteiger partial charge is 0.254 e. The molecule has 0 radical (unpaired) electrons. The molecule has 8 heteroatoms. The van der Waals surface area contributed by atoms with Crippen LogP contribution in [0.25, 0.3) is 5.69 Å². The van der Waals surface area contributed by atoms with Gasteiger partial charge in [0.25, 0.3) is 5.91 Å². The van der Waals surface area contributed by atoms with Gasteiger partial charge in [0.15, 0.2) is 0 Å². The van der Waals surface area contributed by atoms with E-state index in [0.29, 0.717) is 22.9 Å². The van der Waals surface area contributed by atoms with E-state index in [-0.39, 0.29) is 23.8 Å². The van der Waals surface area contributed by atoms with Crippen LogP contribution >= 0.6 is 27.5 Å². The van der Waals surface area contributed by atoms with Gasteiger partial charge in [0.2, 0.25) is 5.91 Å². The number of aromatic nitrogens is 2. The molecule has 0 aliphatic carbocycles. The molecule has 2 aromatic carbocycles. The van der Waals surface area contributed by atoms with E-state index in [4.69, 9.17) is 16.7 Å². The molecule has 0 fully saturated rings. The Kier molecular flexibility index (Phi) is 7.97. The van der Waals surface area contributed by atoms with E-state index in [1.807, 2.05) is 37.3 Å². The van der Waals surface area contributed by atoms with Gasteiger partial charge in [-0.25, -0.2) is 4.68 Å². The third kappa shape index (κ3) is 6.45. The minimum absolute atomic E-state index is 0.0562. The maximum absolute atomic E-state index is 13.0. The second-order valence-corrected chi connectivity index (χ2v) is 10.2. The van der Waals surface area contributed by atoms with Gasteiger partial charge in [-0.1, -0.05) is 55.2 Å². The predicted molar refractivity (Wildman–Crippen MR) is 136 cm³/mol. The zero-order valence-corrected chi connectivity index (χ0v) is 21.6. The predicted octanol–water partition coefficient (Wildman–Crippen LogP) is 6.08. The van der Waals surface area contributed by atoms with Gasteiger partial charge in [-0.15, -0.1) is 0 Å². The largest absolute Gasteiger partial charge is 0.329 e. The summed E-state index contributed by atoms with van der Waals surface area (Å²) in [5, 5.41) is 8.28. The Morgan fingerprint density at radius 3 is 2.30 bits per heavy atom. The highest BCUT2D eigenvalue weighted by molar-refractivity contribution is 9.10. The summed E-state index contributed by atoms with van der Waals surface area (Å²) in [6.45, 7) is 8.59. The number of amides is 2. The lowest BCUT2D eigenvalue weighted by Crippen LogP contribution is -2.38. The Labute approximate surface area is 208 Å². The van der Waals surface area contributed by atoms with Crippen LogP contribution in [0.4, 0.5) is 5.82 Å². The summed E-state index contributed by atoms with van der Waals surface area (Å²) >= 11 is 9.42. The Morgan fingerprint density at radius 2 is 1.73 bits per heavy atom. The fourth-order valence-electron chi connectivity index (χ4n) is 3.27. The van der Waals surface area contributed by atoms with E-state index < -0.39 is 0 Å². The molecule has 0 aliphatic heterocycles. The molecule has 3 rings (SSSR count). The molecule has 33 heavy (non-hydrogen) atoms. The fourth-order valence-corrected chi connectivity index (χ4v) is 3.66. The first-order chi connectivity index (χ1) is 15.6. The number of carbonyl (C=O) groups is 2. The zero-order chi connectivity index (χ0) is 24.2. The lowest BCUT2D eigenvalue weighted by molar-refractivity contribution is -0.116. The molecule has 1 N–H and O–H groups in total. The number of hydrogen-bond acceptors (Lipinski definition) is 3.